The number of carbonyl (C=O) groups excluding carboxylic acids is 1. The summed E-state index contributed by atoms with van der Waals surface area (Å²) < 4.78 is 0. The van der Waals surface area contributed by atoms with Crippen molar-refractivity contribution in [1.29, 1.82) is 0 Å². The molecule has 0 aliphatic rings. The third-order valence-electron chi connectivity index (χ3n) is 4.54. The van der Waals surface area contributed by atoms with E-state index in [1.807, 2.05) is 78.9 Å². The van der Waals surface area contributed by atoms with Crippen LogP contribution >= 0.6 is 0 Å². The molecule has 0 fully saturated rings. The molecule has 1 N–H and O–H groups in total. The van der Waals surface area contributed by atoms with Crippen LogP contribution in [0.1, 0.15) is 21.7 Å². The first-order valence-corrected chi connectivity index (χ1v) is 9.66. The molecule has 2 heterocycles. The molecule has 0 atom stereocenters. The highest BCUT2D eigenvalue weighted by Crippen LogP contribution is 2.19. The van der Waals surface area contributed by atoms with E-state index in [0.29, 0.717) is 18.9 Å². The van der Waals surface area contributed by atoms with E-state index in [-0.39, 0.29) is 11.6 Å². The first-order chi connectivity index (χ1) is 14.8. The topological polar surface area (TPSA) is 71.0 Å². The number of rotatable bonds is 7. The highest BCUT2D eigenvalue weighted by Gasteiger charge is 2.19. The van der Waals surface area contributed by atoms with E-state index in [1.54, 1.807) is 17.3 Å². The normalized spacial score (nSPS) is 10.4. The third kappa shape index (κ3) is 4.86. The molecule has 4 rings (SSSR count). The van der Waals surface area contributed by atoms with Crippen molar-refractivity contribution in [3.8, 4) is 0 Å². The highest BCUT2D eigenvalue weighted by atomic mass is 16.2. The van der Waals surface area contributed by atoms with E-state index in [2.05, 4.69) is 20.3 Å². The number of hydrogen-bond acceptors (Lipinski definition) is 5. The maximum atomic E-state index is 13.2. The van der Waals surface area contributed by atoms with Crippen molar-refractivity contribution >= 4 is 17.4 Å². The van der Waals surface area contributed by atoms with Gasteiger partial charge < -0.3 is 10.2 Å². The van der Waals surface area contributed by atoms with Gasteiger partial charge >= 0.3 is 0 Å². The van der Waals surface area contributed by atoms with Gasteiger partial charge in [0.25, 0.3) is 5.91 Å². The number of aromatic nitrogens is 3. The quantitative estimate of drug-likeness (QED) is 0.504. The largest absolute Gasteiger partial charge is 0.363 e. The van der Waals surface area contributed by atoms with Crippen LogP contribution in [0.15, 0.2) is 97.5 Å². The van der Waals surface area contributed by atoms with Crippen molar-refractivity contribution in [2.45, 2.75) is 13.1 Å². The van der Waals surface area contributed by atoms with Gasteiger partial charge in [-0.3, -0.25) is 9.78 Å². The average Bonchev–Trinajstić information content (AvgIpc) is 2.83. The second kappa shape index (κ2) is 9.43. The second-order valence-electron chi connectivity index (χ2n) is 6.67. The number of amides is 1. The monoisotopic (exact) mass is 395 g/mol. The highest BCUT2D eigenvalue weighted by molar-refractivity contribution is 6.04. The maximum Gasteiger partial charge on any atom is 0.278 e. The van der Waals surface area contributed by atoms with Gasteiger partial charge in [0.15, 0.2) is 0 Å². The number of nitrogens with one attached hydrogen (secondary N) is 1. The summed E-state index contributed by atoms with van der Waals surface area (Å²) in [6.45, 7) is 0.984. The molecule has 148 valence electrons. The summed E-state index contributed by atoms with van der Waals surface area (Å²) in [7, 11) is 0. The van der Waals surface area contributed by atoms with Gasteiger partial charge in [-0.1, -0.05) is 54.6 Å². The molecule has 2 aromatic heterocycles. The Morgan fingerprint density at radius 3 is 2.20 bits per heavy atom. The number of nitrogens with zero attached hydrogens (tertiary/aromatic N) is 4. The summed E-state index contributed by atoms with van der Waals surface area (Å²) >= 11 is 0. The maximum absolute atomic E-state index is 13.2. The van der Waals surface area contributed by atoms with Gasteiger partial charge in [-0.25, -0.2) is 9.97 Å². The van der Waals surface area contributed by atoms with E-state index in [1.165, 1.54) is 6.20 Å². The lowest BCUT2D eigenvalue weighted by Gasteiger charge is -2.22. The summed E-state index contributed by atoms with van der Waals surface area (Å²) in [4.78, 5) is 27.9. The first kappa shape index (κ1) is 19.3. The number of anilines is 2. The second-order valence-corrected chi connectivity index (χ2v) is 6.67. The van der Waals surface area contributed by atoms with E-state index >= 15 is 0 Å². The molecule has 6 nitrogen and oxygen atoms in total. The van der Waals surface area contributed by atoms with Crippen molar-refractivity contribution < 1.29 is 4.79 Å². The number of benzene rings is 2. The van der Waals surface area contributed by atoms with E-state index in [9.17, 15) is 4.79 Å². The molecule has 1 amide bonds. The standard InChI is InChI=1S/C24H21N5O/c30-24(22-16-28-23(17-26-22)27-15-20-11-7-8-14-25-20)29(21-12-5-2-6-13-21)18-19-9-3-1-4-10-19/h1-14,16-17H,15,18H2,(H,27,28). The molecule has 0 radical (unpaired) electrons. The summed E-state index contributed by atoms with van der Waals surface area (Å²) in [6.07, 6.45) is 4.82. The zero-order chi connectivity index (χ0) is 20.6. The SMILES string of the molecule is O=C(c1cnc(NCc2ccccn2)cn1)N(Cc1ccccc1)c1ccccc1. The Bertz CT molecular complexity index is 1070. The van der Waals surface area contributed by atoms with Gasteiger partial charge in [0.1, 0.15) is 11.5 Å². The van der Waals surface area contributed by atoms with Crippen LogP contribution in [0.4, 0.5) is 11.5 Å². The van der Waals surface area contributed by atoms with Crippen LogP contribution in [0, 0.1) is 0 Å². The molecule has 4 aromatic rings. The van der Waals surface area contributed by atoms with Crippen LogP contribution in [0.3, 0.4) is 0 Å². The average molecular weight is 395 g/mol. The Balaban J connectivity index is 1.51. The van der Waals surface area contributed by atoms with Crippen molar-refractivity contribution in [3.05, 3.63) is 114 Å². The predicted octanol–water partition coefficient (Wildman–Crippen LogP) is 4.33. The van der Waals surface area contributed by atoms with Gasteiger partial charge in [-0.2, -0.15) is 0 Å². The number of pyridine rings is 1. The number of carbonyl (C=O) groups is 1. The summed E-state index contributed by atoms with van der Waals surface area (Å²) in [5, 5.41) is 3.17. The molecule has 0 aliphatic heterocycles. The van der Waals surface area contributed by atoms with Crippen LogP contribution < -0.4 is 10.2 Å². The smallest absolute Gasteiger partial charge is 0.278 e. The van der Waals surface area contributed by atoms with Gasteiger partial charge in [-0.05, 0) is 29.8 Å². The minimum absolute atomic E-state index is 0.200. The molecule has 0 saturated carbocycles. The van der Waals surface area contributed by atoms with Crippen LogP contribution in [0.2, 0.25) is 0 Å². The summed E-state index contributed by atoms with van der Waals surface area (Å²) in [6, 6.07) is 25.2. The molecular formula is C24H21N5O. The molecule has 0 saturated heterocycles. The van der Waals surface area contributed by atoms with Crippen molar-refractivity contribution in [1.82, 2.24) is 15.0 Å². The fourth-order valence-electron chi connectivity index (χ4n) is 3.01. The van der Waals surface area contributed by atoms with Gasteiger partial charge in [0, 0.05) is 11.9 Å². The first-order valence-electron chi connectivity index (χ1n) is 9.66. The molecule has 2 aromatic carbocycles. The van der Waals surface area contributed by atoms with E-state index < -0.39 is 0 Å². The molecule has 0 unspecified atom stereocenters. The Morgan fingerprint density at radius 1 is 0.800 bits per heavy atom. The summed E-state index contributed by atoms with van der Waals surface area (Å²) in [5.41, 5.74) is 3.04. The van der Waals surface area contributed by atoms with Crippen LogP contribution in [0.25, 0.3) is 0 Å². The lowest BCUT2D eigenvalue weighted by atomic mass is 10.2. The minimum atomic E-state index is -0.200. The Hall–Kier alpha value is -4.06. The summed E-state index contributed by atoms with van der Waals surface area (Å²) in [5.74, 6) is 0.389. The van der Waals surface area contributed by atoms with Crippen molar-refractivity contribution in [3.63, 3.8) is 0 Å². The minimum Gasteiger partial charge on any atom is -0.363 e. The molecule has 6 heteroatoms. The molecule has 0 bridgehead atoms. The molecule has 30 heavy (non-hydrogen) atoms. The predicted molar refractivity (Wildman–Crippen MR) is 117 cm³/mol. The number of para-hydroxylation sites is 1. The van der Waals surface area contributed by atoms with Gasteiger partial charge in [-0.15, -0.1) is 0 Å². The number of hydrogen-bond donors (Lipinski definition) is 1. The lowest BCUT2D eigenvalue weighted by Crippen LogP contribution is -2.31. The van der Waals surface area contributed by atoms with Crippen molar-refractivity contribution in [2.24, 2.45) is 0 Å². The Morgan fingerprint density at radius 2 is 1.53 bits per heavy atom. The third-order valence-corrected chi connectivity index (χ3v) is 4.54. The zero-order valence-corrected chi connectivity index (χ0v) is 16.3. The Labute approximate surface area is 175 Å². The van der Waals surface area contributed by atoms with E-state index in [0.717, 1.165) is 16.9 Å². The fraction of sp³-hybridized carbons (Fsp3) is 0.0833. The lowest BCUT2D eigenvalue weighted by molar-refractivity contribution is 0.0980. The zero-order valence-electron chi connectivity index (χ0n) is 16.3. The van der Waals surface area contributed by atoms with Crippen LogP contribution in [-0.4, -0.2) is 20.9 Å². The Kier molecular flexibility index (Phi) is 6.05. The molecule has 0 aliphatic carbocycles. The van der Waals surface area contributed by atoms with E-state index in [4.69, 9.17) is 0 Å². The van der Waals surface area contributed by atoms with Crippen LogP contribution in [-0.2, 0) is 13.1 Å². The van der Waals surface area contributed by atoms with Gasteiger partial charge in [0.2, 0.25) is 0 Å². The fourth-order valence-corrected chi connectivity index (χ4v) is 3.01. The van der Waals surface area contributed by atoms with Crippen LogP contribution in [0.5, 0.6) is 0 Å². The molecule has 0 spiro atoms. The van der Waals surface area contributed by atoms with Gasteiger partial charge in [0.05, 0.1) is 31.2 Å². The molecular weight excluding hydrogens is 374 g/mol. The van der Waals surface area contributed by atoms with Crippen molar-refractivity contribution in [2.75, 3.05) is 10.2 Å².